The van der Waals surface area contributed by atoms with Gasteiger partial charge in [0.2, 0.25) is 0 Å². The molecule has 6 heteroatoms. The maximum Gasteiger partial charge on any atom is 0.162 e. The van der Waals surface area contributed by atoms with Gasteiger partial charge in [0.15, 0.2) is 5.78 Å². The van der Waals surface area contributed by atoms with Gasteiger partial charge in [-0.15, -0.1) is 29.1 Å². The number of allylic oxidation sites excluding steroid dienone is 2. The molecule has 4 aromatic rings. The third-order valence-corrected chi connectivity index (χ3v) is 16.4. The van der Waals surface area contributed by atoms with Crippen LogP contribution in [0.3, 0.4) is 0 Å². The Balaban J connectivity index is 0.000000479. The van der Waals surface area contributed by atoms with Gasteiger partial charge < -0.3 is 5.11 Å². The van der Waals surface area contributed by atoms with Crippen molar-refractivity contribution in [3.8, 4) is 28.5 Å². The van der Waals surface area contributed by atoms with Gasteiger partial charge in [-0.2, -0.15) is 5.26 Å². The summed E-state index contributed by atoms with van der Waals surface area (Å²) in [6.45, 7) is 21.8. The van der Waals surface area contributed by atoms with Crippen molar-refractivity contribution in [1.29, 1.82) is 5.26 Å². The number of hydrogen-bond acceptors (Lipinski definition) is 4. The molecule has 0 spiro atoms. The molecule has 3 aromatic carbocycles. The molecular weight excluding hydrogens is 821 g/mol. The standard InChI is InChI=1S/C32H35N2Si.C13H24O2.Ir/c1-7-35(8-2,9-3)27-16-14-23(15-17-27)29-20-31(34-22-26(29)21-33)25-18-24-12-10-11-13-28(24)30(19-25)32(4,5)6;1-5-10(6-2)12(14)9-13(15)11(7-3)8-4;/h10-17,19-20,22H,7-9H2,1-6H3;9-11,14H,5-8H2,1-4H3;/q-1;;/b;12-9-;. The summed E-state index contributed by atoms with van der Waals surface area (Å²) in [4.78, 5) is 16.4. The smallest absolute Gasteiger partial charge is 0.162 e. The number of benzene rings is 3. The molecule has 0 saturated heterocycles. The summed E-state index contributed by atoms with van der Waals surface area (Å²) in [7, 11) is -1.44. The molecule has 0 atom stereocenters. The number of fused-ring (bicyclic) bond motifs is 1. The number of ketones is 1. The van der Waals surface area contributed by atoms with Crippen molar-refractivity contribution in [2.75, 3.05) is 0 Å². The number of pyridine rings is 1. The number of carbonyl (C=O) groups is 1. The molecule has 0 saturated carbocycles. The summed E-state index contributed by atoms with van der Waals surface area (Å²) in [6.07, 6.45) is 6.62. The van der Waals surface area contributed by atoms with Gasteiger partial charge in [0.1, 0.15) is 6.07 Å². The number of rotatable bonds is 13. The van der Waals surface area contributed by atoms with E-state index in [2.05, 4.69) is 119 Å². The van der Waals surface area contributed by atoms with Gasteiger partial charge in [0.05, 0.1) is 19.4 Å². The molecule has 0 amide bonds. The predicted octanol–water partition coefficient (Wildman–Crippen LogP) is 12.1. The monoisotopic (exact) mass is 880 g/mol. The van der Waals surface area contributed by atoms with Crippen LogP contribution < -0.4 is 5.19 Å². The number of carbonyl (C=O) groups excluding carboxylic acids is 1. The van der Waals surface area contributed by atoms with E-state index in [0.717, 1.165) is 53.5 Å². The van der Waals surface area contributed by atoms with Crippen LogP contribution in [-0.4, -0.2) is 23.9 Å². The summed E-state index contributed by atoms with van der Waals surface area (Å²) in [6, 6.07) is 31.4. The second-order valence-corrected chi connectivity index (χ2v) is 19.8. The minimum atomic E-state index is -1.44. The van der Waals surface area contributed by atoms with E-state index in [-0.39, 0.29) is 48.9 Å². The first-order chi connectivity index (χ1) is 23.9. The second-order valence-electron chi connectivity index (χ2n) is 14.5. The third-order valence-electron chi connectivity index (χ3n) is 10.8. The van der Waals surface area contributed by atoms with Crippen molar-refractivity contribution in [2.24, 2.45) is 11.8 Å². The van der Waals surface area contributed by atoms with Crippen molar-refractivity contribution in [2.45, 2.75) is 118 Å². The van der Waals surface area contributed by atoms with Crippen molar-refractivity contribution >= 4 is 29.8 Å². The number of nitriles is 1. The zero-order valence-electron chi connectivity index (χ0n) is 32.6. The van der Waals surface area contributed by atoms with E-state index < -0.39 is 8.07 Å². The van der Waals surface area contributed by atoms with Crippen LogP contribution >= 0.6 is 0 Å². The van der Waals surface area contributed by atoms with Gasteiger partial charge in [-0.05, 0) is 42.2 Å². The van der Waals surface area contributed by atoms with Crippen LogP contribution in [0.2, 0.25) is 18.1 Å². The Hall–Kier alpha value is -3.36. The molecule has 0 unspecified atom stereocenters. The molecule has 1 aromatic heterocycles. The Morgan fingerprint density at radius 1 is 0.882 bits per heavy atom. The number of aliphatic hydroxyl groups excluding tert-OH is 1. The molecule has 1 heterocycles. The summed E-state index contributed by atoms with van der Waals surface area (Å²) >= 11 is 0. The molecule has 0 fully saturated rings. The first kappa shape index (κ1) is 43.8. The number of nitrogens with zero attached hydrogens (tertiary/aromatic N) is 2. The first-order valence-electron chi connectivity index (χ1n) is 18.8. The van der Waals surface area contributed by atoms with Crippen LogP contribution in [-0.2, 0) is 30.3 Å². The molecule has 275 valence electrons. The molecule has 1 radical (unpaired) electrons. The topological polar surface area (TPSA) is 74.0 Å². The first-order valence-corrected chi connectivity index (χ1v) is 21.4. The zero-order chi connectivity index (χ0) is 37.1. The molecule has 0 aliphatic heterocycles. The van der Waals surface area contributed by atoms with E-state index in [1.165, 1.54) is 40.3 Å². The van der Waals surface area contributed by atoms with E-state index in [0.29, 0.717) is 5.56 Å². The molecule has 4 rings (SSSR count). The van der Waals surface area contributed by atoms with Crippen molar-refractivity contribution in [1.82, 2.24) is 4.98 Å². The Kier molecular flexibility index (Phi) is 17.2. The van der Waals surface area contributed by atoms with Gasteiger partial charge in [-0.3, -0.25) is 9.78 Å². The Morgan fingerprint density at radius 3 is 1.96 bits per heavy atom. The van der Waals surface area contributed by atoms with E-state index in [1.54, 1.807) is 6.20 Å². The van der Waals surface area contributed by atoms with Gasteiger partial charge >= 0.3 is 0 Å². The Bertz CT molecular complexity index is 1780. The second kappa shape index (κ2) is 20.0. The van der Waals surface area contributed by atoms with Crippen LogP contribution in [0.15, 0.2) is 78.7 Å². The van der Waals surface area contributed by atoms with Crippen LogP contribution in [0.1, 0.15) is 106 Å². The molecule has 4 nitrogen and oxygen atoms in total. The predicted molar refractivity (Wildman–Crippen MR) is 216 cm³/mol. The normalized spacial score (nSPS) is 11.9. The minimum Gasteiger partial charge on any atom is -0.512 e. The van der Waals surface area contributed by atoms with E-state index in [4.69, 9.17) is 0 Å². The van der Waals surface area contributed by atoms with Crippen LogP contribution in [0.5, 0.6) is 0 Å². The Labute approximate surface area is 323 Å². The number of aliphatic hydroxyl groups is 1. The molecule has 51 heavy (non-hydrogen) atoms. The molecular formula is C45H59IrN2O2Si-. The molecule has 0 bridgehead atoms. The fourth-order valence-electron chi connectivity index (χ4n) is 7.06. The van der Waals surface area contributed by atoms with Gasteiger partial charge in [0, 0.05) is 49.9 Å². The summed E-state index contributed by atoms with van der Waals surface area (Å²) in [5.74, 6) is 0.547. The van der Waals surface area contributed by atoms with Gasteiger partial charge in [-0.1, -0.05) is 152 Å². The fourth-order valence-corrected chi connectivity index (χ4v) is 10.7. The van der Waals surface area contributed by atoms with Crippen molar-refractivity contribution < 1.29 is 30.0 Å². The third kappa shape index (κ3) is 10.6. The SMILES string of the molecule is CCC(CC)C(=O)/C=C(\O)C(CC)CC.CC[Si](CC)(CC)c1ccc(-c2cc(-c3[c-]c4ccccc4c(C(C)(C)C)c3)ncc2C#N)cc1.[Ir]. The molecule has 0 aliphatic carbocycles. The average molecular weight is 880 g/mol. The summed E-state index contributed by atoms with van der Waals surface area (Å²) < 4.78 is 0. The number of aromatic nitrogens is 1. The minimum absolute atomic E-state index is 0. The largest absolute Gasteiger partial charge is 0.512 e. The van der Waals surface area contributed by atoms with Crippen LogP contribution in [0, 0.1) is 29.2 Å². The van der Waals surface area contributed by atoms with E-state index in [9.17, 15) is 15.2 Å². The van der Waals surface area contributed by atoms with Gasteiger partial charge in [-0.25, -0.2) is 0 Å². The quantitative estimate of drug-likeness (QED) is 0.0628. The van der Waals surface area contributed by atoms with Crippen LogP contribution in [0.25, 0.3) is 33.2 Å². The molecule has 1 N–H and O–H groups in total. The maximum atomic E-state index is 11.7. The fraction of sp³-hybridized carbons (Fsp3) is 0.444. The van der Waals surface area contributed by atoms with Gasteiger partial charge in [0.25, 0.3) is 0 Å². The van der Waals surface area contributed by atoms with Crippen LogP contribution in [0.4, 0.5) is 0 Å². The van der Waals surface area contributed by atoms with Crippen molar-refractivity contribution in [3.63, 3.8) is 0 Å². The maximum absolute atomic E-state index is 11.7. The molecule has 0 aliphatic rings. The summed E-state index contributed by atoms with van der Waals surface area (Å²) in [5, 5.41) is 23.4. The average Bonchev–Trinajstić information content (AvgIpc) is 3.13. The van der Waals surface area contributed by atoms with E-state index in [1.807, 2.05) is 27.7 Å². The van der Waals surface area contributed by atoms with E-state index >= 15 is 0 Å². The number of hydrogen-bond donors (Lipinski definition) is 1. The Morgan fingerprint density at radius 2 is 1.45 bits per heavy atom. The van der Waals surface area contributed by atoms with Crippen molar-refractivity contribution in [3.05, 3.63) is 95.9 Å². The zero-order valence-corrected chi connectivity index (χ0v) is 36.0. The summed E-state index contributed by atoms with van der Waals surface area (Å²) in [5.41, 5.74) is 5.67.